The number of hydrogen-bond acceptors (Lipinski definition) is 3. The maximum atomic E-state index is 10.7. The van der Waals surface area contributed by atoms with E-state index in [0.717, 1.165) is 38.0 Å². The Balaban J connectivity index is 1.93. The molecule has 3 heteroatoms. The highest BCUT2D eigenvalue weighted by Gasteiger charge is 2.37. The summed E-state index contributed by atoms with van der Waals surface area (Å²) in [7, 11) is 0. The third-order valence-electron chi connectivity index (χ3n) is 4.07. The lowest BCUT2D eigenvalue weighted by atomic mass is 9.84. The largest absolute Gasteiger partial charge is 0.389 e. The summed E-state index contributed by atoms with van der Waals surface area (Å²) in [6.07, 6.45) is 4.68. The van der Waals surface area contributed by atoms with Crippen LogP contribution in [0.3, 0.4) is 0 Å². The second-order valence-corrected chi connectivity index (χ2v) is 6.34. The maximum absolute atomic E-state index is 10.7. The Kier molecular flexibility index (Phi) is 4.58. The van der Waals surface area contributed by atoms with E-state index in [2.05, 4.69) is 30.2 Å². The van der Waals surface area contributed by atoms with E-state index in [0.29, 0.717) is 5.92 Å². The van der Waals surface area contributed by atoms with Crippen LogP contribution < -0.4 is 5.32 Å². The fourth-order valence-electron chi connectivity index (χ4n) is 2.92. The van der Waals surface area contributed by atoms with Crippen LogP contribution in [0.4, 0.5) is 0 Å². The minimum Gasteiger partial charge on any atom is -0.389 e. The SMILES string of the molecule is CC(C)CNCCC(C)(O)C1CCc2cccnc21. The van der Waals surface area contributed by atoms with Crippen molar-refractivity contribution in [2.24, 2.45) is 5.92 Å². The molecule has 0 aromatic carbocycles. The van der Waals surface area contributed by atoms with Crippen LogP contribution in [0.25, 0.3) is 0 Å². The first-order valence-corrected chi connectivity index (χ1v) is 7.37. The van der Waals surface area contributed by atoms with Gasteiger partial charge in [-0.3, -0.25) is 4.98 Å². The maximum Gasteiger partial charge on any atom is 0.0715 e. The smallest absolute Gasteiger partial charge is 0.0715 e. The van der Waals surface area contributed by atoms with Gasteiger partial charge >= 0.3 is 0 Å². The molecule has 0 aliphatic heterocycles. The van der Waals surface area contributed by atoms with E-state index >= 15 is 0 Å². The van der Waals surface area contributed by atoms with Gasteiger partial charge < -0.3 is 10.4 Å². The van der Waals surface area contributed by atoms with Gasteiger partial charge in [-0.05, 0) is 56.8 Å². The third-order valence-corrected chi connectivity index (χ3v) is 4.07. The molecule has 1 heterocycles. The molecule has 1 aromatic rings. The van der Waals surface area contributed by atoms with Crippen molar-refractivity contribution in [3.05, 3.63) is 29.6 Å². The van der Waals surface area contributed by atoms with Crippen LogP contribution in [0.1, 0.15) is 50.8 Å². The van der Waals surface area contributed by atoms with Crippen molar-refractivity contribution in [1.82, 2.24) is 10.3 Å². The Morgan fingerprint density at radius 1 is 1.53 bits per heavy atom. The summed E-state index contributed by atoms with van der Waals surface area (Å²) in [4.78, 5) is 4.48. The van der Waals surface area contributed by atoms with Gasteiger partial charge in [-0.2, -0.15) is 0 Å². The topological polar surface area (TPSA) is 45.1 Å². The molecule has 2 unspecified atom stereocenters. The second-order valence-electron chi connectivity index (χ2n) is 6.34. The molecule has 0 bridgehead atoms. The summed E-state index contributed by atoms with van der Waals surface area (Å²) in [5.74, 6) is 0.836. The van der Waals surface area contributed by atoms with Crippen molar-refractivity contribution in [2.45, 2.75) is 51.6 Å². The Morgan fingerprint density at radius 3 is 3.05 bits per heavy atom. The number of nitrogens with zero attached hydrogens (tertiary/aromatic N) is 1. The molecule has 0 radical (unpaired) electrons. The molecule has 0 fully saturated rings. The molecule has 1 aromatic heterocycles. The van der Waals surface area contributed by atoms with Crippen molar-refractivity contribution >= 4 is 0 Å². The van der Waals surface area contributed by atoms with Crippen LogP contribution in [-0.4, -0.2) is 28.8 Å². The highest BCUT2D eigenvalue weighted by Crippen LogP contribution is 2.40. The molecular weight excluding hydrogens is 236 g/mol. The number of nitrogens with one attached hydrogen (secondary N) is 1. The monoisotopic (exact) mass is 262 g/mol. The Morgan fingerprint density at radius 2 is 2.32 bits per heavy atom. The van der Waals surface area contributed by atoms with E-state index in [9.17, 15) is 5.11 Å². The highest BCUT2D eigenvalue weighted by molar-refractivity contribution is 5.30. The minimum absolute atomic E-state index is 0.185. The molecule has 1 aliphatic rings. The molecule has 0 saturated heterocycles. The number of rotatable bonds is 6. The van der Waals surface area contributed by atoms with Gasteiger partial charge in [-0.1, -0.05) is 19.9 Å². The quantitative estimate of drug-likeness (QED) is 0.774. The van der Waals surface area contributed by atoms with Crippen molar-refractivity contribution in [2.75, 3.05) is 13.1 Å². The first kappa shape index (κ1) is 14.5. The van der Waals surface area contributed by atoms with Crippen LogP contribution in [0.5, 0.6) is 0 Å². The van der Waals surface area contributed by atoms with E-state index in [1.807, 2.05) is 19.2 Å². The molecule has 2 atom stereocenters. The molecule has 1 aliphatic carbocycles. The number of aromatic nitrogens is 1. The summed E-state index contributed by atoms with van der Waals surface area (Å²) < 4.78 is 0. The van der Waals surface area contributed by atoms with E-state index in [-0.39, 0.29) is 5.92 Å². The lowest BCUT2D eigenvalue weighted by molar-refractivity contribution is 0.0214. The number of aliphatic hydroxyl groups is 1. The fraction of sp³-hybridized carbons (Fsp3) is 0.688. The first-order valence-electron chi connectivity index (χ1n) is 7.37. The zero-order valence-corrected chi connectivity index (χ0v) is 12.3. The van der Waals surface area contributed by atoms with Crippen molar-refractivity contribution in [1.29, 1.82) is 0 Å². The molecule has 106 valence electrons. The second kappa shape index (κ2) is 6.02. The molecule has 2 N–H and O–H groups in total. The van der Waals surface area contributed by atoms with Crippen LogP contribution in [0, 0.1) is 5.92 Å². The standard InChI is InChI=1S/C16H26N2O/c1-12(2)11-17-10-8-16(3,19)14-7-6-13-5-4-9-18-15(13)14/h4-5,9,12,14,17,19H,6-8,10-11H2,1-3H3. The Bertz CT molecular complexity index is 415. The first-order chi connectivity index (χ1) is 9.00. The van der Waals surface area contributed by atoms with Gasteiger partial charge in [0.2, 0.25) is 0 Å². The van der Waals surface area contributed by atoms with Crippen molar-refractivity contribution in [3.8, 4) is 0 Å². The van der Waals surface area contributed by atoms with E-state index in [4.69, 9.17) is 0 Å². The average molecular weight is 262 g/mol. The van der Waals surface area contributed by atoms with E-state index in [1.54, 1.807) is 0 Å². The van der Waals surface area contributed by atoms with Crippen molar-refractivity contribution < 1.29 is 5.11 Å². The van der Waals surface area contributed by atoms with Gasteiger partial charge in [0.1, 0.15) is 0 Å². The van der Waals surface area contributed by atoms with Gasteiger partial charge in [0.15, 0.2) is 0 Å². The fourth-order valence-corrected chi connectivity index (χ4v) is 2.92. The number of hydrogen-bond donors (Lipinski definition) is 2. The molecule has 2 rings (SSSR count). The minimum atomic E-state index is -0.663. The number of pyridine rings is 1. The molecule has 0 spiro atoms. The lowest BCUT2D eigenvalue weighted by Gasteiger charge is -2.30. The normalized spacial score (nSPS) is 21.4. The van der Waals surface area contributed by atoms with Crippen LogP contribution in [0.15, 0.2) is 18.3 Å². The summed E-state index contributed by atoms with van der Waals surface area (Å²) in [6.45, 7) is 8.22. The molecule has 3 nitrogen and oxygen atoms in total. The third kappa shape index (κ3) is 3.54. The van der Waals surface area contributed by atoms with E-state index < -0.39 is 5.60 Å². The Labute approximate surface area is 116 Å². The molecule has 0 saturated carbocycles. The summed E-state index contributed by atoms with van der Waals surface area (Å²) >= 11 is 0. The average Bonchev–Trinajstić information content (AvgIpc) is 2.79. The zero-order chi connectivity index (χ0) is 13.9. The van der Waals surface area contributed by atoms with Crippen LogP contribution >= 0.6 is 0 Å². The van der Waals surface area contributed by atoms with Gasteiger partial charge in [0, 0.05) is 17.8 Å². The van der Waals surface area contributed by atoms with Gasteiger partial charge in [-0.15, -0.1) is 0 Å². The van der Waals surface area contributed by atoms with Gasteiger partial charge in [-0.25, -0.2) is 0 Å². The molecular formula is C16H26N2O. The molecule has 19 heavy (non-hydrogen) atoms. The summed E-state index contributed by atoms with van der Waals surface area (Å²) in [5.41, 5.74) is 1.75. The molecule has 0 amide bonds. The highest BCUT2D eigenvalue weighted by atomic mass is 16.3. The zero-order valence-electron chi connectivity index (χ0n) is 12.3. The summed E-state index contributed by atoms with van der Waals surface area (Å²) in [5, 5.41) is 14.2. The van der Waals surface area contributed by atoms with E-state index in [1.165, 1.54) is 5.56 Å². The lowest BCUT2D eigenvalue weighted by Crippen LogP contribution is -2.36. The predicted octanol–water partition coefficient (Wildman–Crippen LogP) is 2.50. The van der Waals surface area contributed by atoms with Gasteiger partial charge in [0.05, 0.1) is 5.60 Å². The van der Waals surface area contributed by atoms with Gasteiger partial charge in [0.25, 0.3) is 0 Å². The van der Waals surface area contributed by atoms with Crippen LogP contribution in [-0.2, 0) is 6.42 Å². The van der Waals surface area contributed by atoms with Crippen molar-refractivity contribution in [3.63, 3.8) is 0 Å². The number of fused-ring (bicyclic) bond motifs is 1. The Hall–Kier alpha value is -0.930. The summed E-state index contributed by atoms with van der Waals surface area (Å²) in [6, 6.07) is 4.12. The van der Waals surface area contributed by atoms with Crippen LogP contribution in [0.2, 0.25) is 0 Å². The predicted molar refractivity (Wildman–Crippen MR) is 78.2 cm³/mol. The number of aryl methyl sites for hydroxylation is 1.